The third kappa shape index (κ3) is 10.9. The lowest BCUT2D eigenvalue weighted by atomic mass is 9.78. The second kappa shape index (κ2) is 21.5. The van der Waals surface area contributed by atoms with E-state index in [1.165, 1.54) is 0 Å². The summed E-state index contributed by atoms with van der Waals surface area (Å²) < 4.78 is 36.2. The summed E-state index contributed by atoms with van der Waals surface area (Å²) >= 11 is 1.57. The van der Waals surface area contributed by atoms with Gasteiger partial charge in [-0.25, -0.2) is 0 Å². The van der Waals surface area contributed by atoms with Crippen molar-refractivity contribution in [1.82, 2.24) is 0 Å². The van der Waals surface area contributed by atoms with Crippen LogP contribution in [0.1, 0.15) is 47.2 Å². The van der Waals surface area contributed by atoms with Gasteiger partial charge < -0.3 is 28.4 Å². The monoisotopic (exact) mass is 959 g/mol. The minimum Gasteiger partial charge on any atom is -0.497 e. The van der Waals surface area contributed by atoms with Crippen LogP contribution in [0.2, 0.25) is 0 Å². The maximum Gasteiger partial charge on any atom is 0.149 e. The van der Waals surface area contributed by atoms with E-state index in [0.29, 0.717) is 63.1 Å². The van der Waals surface area contributed by atoms with Crippen LogP contribution in [0.4, 0.5) is 0 Å². The third-order valence-corrected chi connectivity index (χ3v) is 13.0. The predicted molar refractivity (Wildman–Crippen MR) is 279 cm³/mol. The van der Waals surface area contributed by atoms with E-state index in [-0.39, 0.29) is 16.5 Å². The summed E-state index contributed by atoms with van der Waals surface area (Å²) in [7, 11) is 1.66. The fourth-order valence-corrected chi connectivity index (χ4v) is 8.74. The number of methoxy groups -OCH3 is 1. The first-order valence-electron chi connectivity index (χ1n) is 22.9. The number of benzene rings is 9. The molecule has 9 aromatic carbocycles. The lowest BCUT2D eigenvalue weighted by molar-refractivity contribution is 0.414. The highest BCUT2D eigenvalue weighted by Gasteiger charge is 2.24. The fraction of sp³-hybridized carbons (Fsp3) is 0.0806. The summed E-state index contributed by atoms with van der Waals surface area (Å²) in [5.41, 5.74) is 5.90. The van der Waals surface area contributed by atoms with E-state index >= 15 is 0 Å². The van der Waals surface area contributed by atoms with Gasteiger partial charge in [-0.05, 0) is 162 Å². The van der Waals surface area contributed by atoms with Gasteiger partial charge in [0.1, 0.15) is 92.6 Å². The molecule has 0 heterocycles. The first-order chi connectivity index (χ1) is 35.1. The van der Waals surface area contributed by atoms with Crippen LogP contribution in [0, 0.1) is 40.9 Å². The van der Waals surface area contributed by atoms with Gasteiger partial charge in [0, 0.05) is 15.2 Å². The average molecular weight is 960 g/mol. The van der Waals surface area contributed by atoms with Gasteiger partial charge in [0.05, 0.1) is 12.7 Å². The molecule has 0 unspecified atom stereocenters. The molecule has 0 aliphatic rings. The first kappa shape index (κ1) is 47.7. The molecule has 350 valence electrons. The molecule has 0 aromatic heterocycles. The van der Waals surface area contributed by atoms with Gasteiger partial charge >= 0.3 is 0 Å². The van der Waals surface area contributed by atoms with Crippen molar-refractivity contribution in [2.75, 3.05) is 7.11 Å². The van der Waals surface area contributed by atoms with Crippen molar-refractivity contribution in [1.29, 1.82) is 15.8 Å². The topological polar surface area (TPSA) is 127 Å². The summed E-state index contributed by atoms with van der Waals surface area (Å²) in [6, 6.07) is 69.3. The molecule has 0 saturated carbocycles. The normalized spacial score (nSPS) is 10.8. The van der Waals surface area contributed by atoms with Crippen LogP contribution in [0.5, 0.6) is 63.2 Å². The average Bonchev–Trinajstić information content (AvgIpc) is 3.41. The molecule has 9 rings (SSSR count). The SMILES string of the molecule is COc1ccc(C(C)(C)c2ccc(Oc3cccc(Oc4ccc(Sc5ccc(Oc6cccc(Oc7ccc(-c8ccc(Oc9cccc(C)c9C#N)cc8)cc7)c6C#N)cc5)cc4)c3C#N)cc2)cc1. The molecular weight excluding hydrogens is 915 g/mol. The number of rotatable bonds is 16. The minimum absolute atomic E-state index is 0.248. The molecule has 10 heteroatoms. The van der Waals surface area contributed by atoms with Gasteiger partial charge in [-0.15, -0.1) is 0 Å². The molecular formula is C62H45N3O6S. The van der Waals surface area contributed by atoms with E-state index in [9.17, 15) is 15.8 Å². The number of hydrogen-bond acceptors (Lipinski definition) is 10. The van der Waals surface area contributed by atoms with E-state index in [1.807, 2.05) is 153 Å². The molecule has 0 spiro atoms. The number of hydrogen-bond donors (Lipinski definition) is 0. The van der Waals surface area contributed by atoms with Gasteiger partial charge in [0.2, 0.25) is 0 Å². The Morgan fingerprint density at radius 2 is 0.653 bits per heavy atom. The van der Waals surface area contributed by atoms with Gasteiger partial charge in [0.15, 0.2) is 0 Å². The standard InChI is InChI=1S/C62H45N3O6S/c1-41-8-5-9-57(54(41)38-63)67-47-22-14-42(15-23-47)43-16-24-48(25-17-43)68-58-10-6-12-60(55(58)39-64)70-50-30-34-52(35-31-50)72-53-36-32-51(33-37-53)71-61-13-7-11-59(56(61)40-65)69-49-28-20-45(21-29-49)62(2,3)44-18-26-46(66-4)27-19-44/h5-37H,1-4H3. The molecule has 0 atom stereocenters. The molecule has 0 amide bonds. The second-order valence-electron chi connectivity index (χ2n) is 17.0. The van der Waals surface area contributed by atoms with E-state index in [4.69, 9.17) is 28.4 Å². The van der Waals surface area contributed by atoms with Crippen molar-refractivity contribution in [3.63, 3.8) is 0 Å². The zero-order valence-electron chi connectivity index (χ0n) is 39.8. The lowest BCUT2D eigenvalue weighted by Crippen LogP contribution is -2.18. The highest BCUT2D eigenvalue weighted by atomic mass is 32.2. The fourth-order valence-electron chi connectivity index (χ4n) is 7.92. The number of ether oxygens (including phenoxy) is 6. The van der Waals surface area contributed by atoms with Crippen LogP contribution in [0.15, 0.2) is 210 Å². The number of nitriles is 3. The molecule has 0 aliphatic carbocycles. The Bertz CT molecular complexity index is 3480. The van der Waals surface area contributed by atoms with Crippen LogP contribution >= 0.6 is 11.8 Å². The molecule has 72 heavy (non-hydrogen) atoms. The maximum absolute atomic E-state index is 10.2. The zero-order chi connectivity index (χ0) is 50.0. The van der Waals surface area contributed by atoms with Crippen molar-refractivity contribution in [2.45, 2.75) is 36.0 Å². The largest absolute Gasteiger partial charge is 0.497 e. The van der Waals surface area contributed by atoms with Gasteiger partial charge in [-0.2, -0.15) is 15.8 Å². The zero-order valence-corrected chi connectivity index (χ0v) is 40.6. The third-order valence-electron chi connectivity index (χ3n) is 12.0. The van der Waals surface area contributed by atoms with E-state index in [1.54, 1.807) is 61.3 Å². The van der Waals surface area contributed by atoms with Crippen molar-refractivity contribution < 1.29 is 28.4 Å². The molecule has 0 saturated heterocycles. The molecule has 9 nitrogen and oxygen atoms in total. The van der Waals surface area contributed by atoms with Crippen molar-refractivity contribution >= 4 is 11.8 Å². The highest BCUT2D eigenvalue weighted by molar-refractivity contribution is 7.99. The van der Waals surface area contributed by atoms with Gasteiger partial charge in [-0.3, -0.25) is 0 Å². The molecule has 9 aromatic rings. The van der Waals surface area contributed by atoms with Crippen molar-refractivity contribution in [2.24, 2.45) is 0 Å². The quantitative estimate of drug-likeness (QED) is 0.0923. The molecule has 0 N–H and O–H groups in total. The Labute approximate surface area is 423 Å². The molecule has 0 bridgehead atoms. The highest BCUT2D eigenvalue weighted by Crippen LogP contribution is 2.40. The maximum atomic E-state index is 10.2. The van der Waals surface area contributed by atoms with Crippen molar-refractivity contribution in [3.8, 4) is 92.6 Å². The van der Waals surface area contributed by atoms with E-state index in [2.05, 4.69) is 44.2 Å². The molecule has 0 radical (unpaired) electrons. The summed E-state index contributed by atoms with van der Waals surface area (Å²) in [5.74, 6) is 5.78. The smallest absolute Gasteiger partial charge is 0.149 e. The summed E-state index contributed by atoms with van der Waals surface area (Å²) in [6.45, 7) is 6.23. The van der Waals surface area contributed by atoms with Crippen LogP contribution in [0.25, 0.3) is 11.1 Å². The van der Waals surface area contributed by atoms with Crippen LogP contribution in [-0.4, -0.2) is 7.11 Å². The van der Waals surface area contributed by atoms with Crippen LogP contribution < -0.4 is 28.4 Å². The minimum atomic E-state index is -0.248. The second-order valence-corrected chi connectivity index (χ2v) is 18.2. The number of nitrogens with zero attached hydrogens (tertiary/aromatic N) is 3. The van der Waals surface area contributed by atoms with Crippen LogP contribution in [0.3, 0.4) is 0 Å². The van der Waals surface area contributed by atoms with Gasteiger partial charge in [0.25, 0.3) is 0 Å². The summed E-state index contributed by atoms with van der Waals surface area (Å²) in [6.07, 6.45) is 0. The van der Waals surface area contributed by atoms with Gasteiger partial charge in [-0.1, -0.05) is 98.4 Å². The Kier molecular flexibility index (Phi) is 14.2. The lowest BCUT2D eigenvalue weighted by Gasteiger charge is -2.26. The Morgan fingerprint density at radius 1 is 0.361 bits per heavy atom. The Balaban J connectivity index is 0.789. The number of aryl methyl sites for hydroxylation is 1. The summed E-state index contributed by atoms with van der Waals surface area (Å²) in [4.78, 5) is 1.96. The van der Waals surface area contributed by atoms with Crippen LogP contribution in [-0.2, 0) is 5.41 Å². The predicted octanol–water partition coefficient (Wildman–Crippen LogP) is 16.7. The molecule has 0 aliphatic heterocycles. The molecule has 0 fully saturated rings. The van der Waals surface area contributed by atoms with E-state index < -0.39 is 0 Å². The van der Waals surface area contributed by atoms with Crippen molar-refractivity contribution in [3.05, 3.63) is 234 Å². The first-order valence-corrected chi connectivity index (χ1v) is 23.7. The Morgan fingerprint density at radius 3 is 0.986 bits per heavy atom. The van der Waals surface area contributed by atoms with E-state index in [0.717, 1.165) is 43.4 Å². The Hall–Kier alpha value is -9.40. The summed E-state index contributed by atoms with van der Waals surface area (Å²) in [5, 5.41) is 30.0.